The Hall–Kier alpha value is -1.32. The third-order valence-electron chi connectivity index (χ3n) is 2.92. The fourth-order valence-corrected chi connectivity index (χ4v) is 3.09. The molecule has 1 unspecified atom stereocenters. The van der Waals surface area contributed by atoms with Crippen LogP contribution in [0, 0.1) is 13.8 Å². The molecule has 1 aromatic heterocycles. The van der Waals surface area contributed by atoms with Crippen LogP contribution in [-0.4, -0.2) is 11.2 Å². The number of hydrogen-bond acceptors (Lipinski definition) is 3. The van der Waals surface area contributed by atoms with Crippen molar-refractivity contribution in [1.82, 2.24) is 0 Å². The number of hydrogen-bond donors (Lipinski definition) is 1. The van der Waals surface area contributed by atoms with E-state index in [1.54, 1.807) is 11.3 Å². The molecule has 2 aromatic rings. The summed E-state index contributed by atoms with van der Waals surface area (Å²) in [5, 5.41) is 10.5. The van der Waals surface area contributed by atoms with E-state index in [1.807, 2.05) is 45.0 Å². The zero-order valence-corrected chi connectivity index (χ0v) is 12.6. The zero-order valence-electron chi connectivity index (χ0n) is 11.8. The minimum absolute atomic E-state index is 0.137. The number of ether oxygens (including phenoxy) is 1. The Labute approximate surface area is 118 Å². The maximum Gasteiger partial charge on any atom is 0.120 e. The average Bonchev–Trinajstić information content (AvgIpc) is 2.67. The third-order valence-corrected chi connectivity index (χ3v) is 3.90. The van der Waals surface area contributed by atoms with Gasteiger partial charge in [0.15, 0.2) is 0 Å². The lowest BCUT2D eigenvalue weighted by molar-refractivity contribution is 0.216. The summed E-state index contributed by atoms with van der Waals surface area (Å²) in [6.07, 6.45) is -0.446. The summed E-state index contributed by atoms with van der Waals surface area (Å²) in [6.45, 7) is 8.10. The average molecular weight is 276 g/mol. The molecule has 0 aliphatic heterocycles. The van der Waals surface area contributed by atoms with Crippen LogP contribution < -0.4 is 4.74 Å². The van der Waals surface area contributed by atoms with Gasteiger partial charge >= 0.3 is 0 Å². The standard InChI is InChI=1S/C16H20O2S/c1-10(2)18-14-7-5-6-13(9-14)16(17)15-8-11(3)19-12(15)4/h5-10,16-17H,1-4H3. The van der Waals surface area contributed by atoms with Gasteiger partial charge in [-0.2, -0.15) is 0 Å². The SMILES string of the molecule is Cc1cc(C(O)c2cccc(OC(C)C)c2)c(C)s1. The predicted octanol–water partition coefficient (Wildman–Crippen LogP) is 4.23. The molecule has 1 atom stereocenters. The molecule has 2 nitrogen and oxygen atoms in total. The maximum absolute atomic E-state index is 10.5. The minimum atomic E-state index is -0.583. The highest BCUT2D eigenvalue weighted by Crippen LogP contribution is 2.31. The van der Waals surface area contributed by atoms with Crippen LogP contribution in [0.3, 0.4) is 0 Å². The van der Waals surface area contributed by atoms with E-state index in [9.17, 15) is 5.11 Å². The first-order chi connectivity index (χ1) is 8.97. The van der Waals surface area contributed by atoms with E-state index in [1.165, 1.54) is 9.75 Å². The van der Waals surface area contributed by atoms with Crippen LogP contribution in [0.15, 0.2) is 30.3 Å². The van der Waals surface area contributed by atoms with Gasteiger partial charge in [0.25, 0.3) is 0 Å². The van der Waals surface area contributed by atoms with E-state index >= 15 is 0 Å². The first-order valence-corrected chi connectivity index (χ1v) is 7.30. The molecule has 0 aliphatic rings. The molecule has 0 saturated carbocycles. The number of rotatable bonds is 4. The normalized spacial score (nSPS) is 12.7. The molecule has 0 aliphatic carbocycles. The highest BCUT2D eigenvalue weighted by Gasteiger charge is 2.15. The number of aliphatic hydroxyl groups excluding tert-OH is 1. The largest absolute Gasteiger partial charge is 0.491 e. The number of thiophene rings is 1. The van der Waals surface area contributed by atoms with Gasteiger partial charge in [-0.1, -0.05) is 12.1 Å². The fraction of sp³-hybridized carbons (Fsp3) is 0.375. The highest BCUT2D eigenvalue weighted by atomic mass is 32.1. The minimum Gasteiger partial charge on any atom is -0.491 e. The van der Waals surface area contributed by atoms with Gasteiger partial charge < -0.3 is 9.84 Å². The number of benzene rings is 1. The summed E-state index contributed by atoms with van der Waals surface area (Å²) in [6, 6.07) is 9.74. The van der Waals surface area contributed by atoms with E-state index in [4.69, 9.17) is 4.74 Å². The van der Waals surface area contributed by atoms with Crippen molar-refractivity contribution in [3.8, 4) is 5.75 Å². The summed E-state index contributed by atoms with van der Waals surface area (Å²) < 4.78 is 5.67. The van der Waals surface area contributed by atoms with Crippen molar-refractivity contribution in [2.24, 2.45) is 0 Å². The van der Waals surface area contributed by atoms with Crippen LogP contribution in [0.1, 0.15) is 40.8 Å². The molecule has 102 valence electrons. The van der Waals surface area contributed by atoms with Gasteiger partial charge in [-0.3, -0.25) is 0 Å². The van der Waals surface area contributed by atoms with Gasteiger partial charge in [-0.25, -0.2) is 0 Å². The molecule has 0 bridgehead atoms. The highest BCUT2D eigenvalue weighted by molar-refractivity contribution is 7.12. The molecule has 0 spiro atoms. The van der Waals surface area contributed by atoms with Gasteiger partial charge in [-0.15, -0.1) is 11.3 Å². The van der Waals surface area contributed by atoms with Gasteiger partial charge in [-0.05, 0) is 57.0 Å². The van der Waals surface area contributed by atoms with Crippen molar-refractivity contribution in [2.75, 3.05) is 0 Å². The third kappa shape index (κ3) is 3.37. The molecule has 1 aromatic carbocycles. The quantitative estimate of drug-likeness (QED) is 0.905. The molecule has 2 rings (SSSR count). The van der Waals surface area contributed by atoms with Crippen LogP contribution in [0.2, 0.25) is 0 Å². The van der Waals surface area contributed by atoms with Crippen LogP contribution in [0.4, 0.5) is 0 Å². The number of aryl methyl sites for hydroxylation is 2. The Morgan fingerprint density at radius 3 is 2.47 bits per heavy atom. The Bertz CT molecular complexity index is 558. The molecule has 0 amide bonds. The summed E-state index contributed by atoms with van der Waals surface area (Å²) in [5.41, 5.74) is 1.86. The molecule has 19 heavy (non-hydrogen) atoms. The second-order valence-electron chi connectivity index (χ2n) is 5.01. The van der Waals surface area contributed by atoms with Crippen molar-refractivity contribution in [3.05, 3.63) is 51.2 Å². The maximum atomic E-state index is 10.5. The van der Waals surface area contributed by atoms with Crippen LogP contribution in [0.25, 0.3) is 0 Å². The number of aliphatic hydroxyl groups is 1. The van der Waals surface area contributed by atoms with E-state index in [-0.39, 0.29) is 6.10 Å². The predicted molar refractivity (Wildman–Crippen MR) is 80.1 cm³/mol. The van der Waals surface area contributed by atoms with E-state index in [2.05, 4.69) is 13.0 Å². The first-order valence-electron chi connectivity index (χ1n) is 6.49. The van der Waals surface area contributed by atoms with Crippen molar-refractivity contribution in [1.29, 1.82) is 0 Å². The Morgan fingerprint density at radius 2 is 1.89 bits per heavy atom. The van der Waals surface area contributed by atoms with Crippen LogP contribution >= 0.6 is 11.3 Å². The molecule has 1 heterocycles. The Kier molecular flexibility index (Phi) is 4.27. The molecule has 3 heteroatoms. The van der Waals surface area contributed by atoms with Crippen molar-refractivity contribution < 1.29 is 9.84 Å². The summed E-state index contributed by atoms with van der Waals surface area (Å²) in [5.74, 6) is 0.802. The summed E-state index contributed by atoms with van der Waals surface area (Å²) in [7, 11) is 0. The molecule has 1 N–H and O–H groups in total. The first kappa shape index (κ1) is 14.1. The van der Waals surface area contributed by atoms with Gasteiger partial charge in [0.05, 0.1) is 6.10 Å². The Morgan fingerprint density at radius 1 is 1.16 bits per heavy atom. The Balaban J connectivity index is 2.28. The topological polar surface area (TPSA) is 29.5 Å². The zero-order chi connectivity index (χ0) is 14.0. The second kappa shape index (κ2) is 5.76. The van der Waals surface area contributed by atoms with Gasteiger partial charge in [0.2, 0.25) is 0 Å². The van der Waals surface area contributed by atoms with Crippen LogP contribution in [-0.2, 0) is 0 Å². The molecular formula is C16H20O2S. The summed E-state index contributed by atoms with van der Waals surface area (Å²) >= 11 is 1.72. The lowest BCUT2D eigenvalue weighted by Crippen LogP contribution is -2.06. The lowest BCUT2D eigenvalue weighted by atomic mass is 10.0. The van der Waals surface area contributed by atoms with Gasteiger partial charge in [0.1, 0.15) is 11.9 Å². The fourth-order valence-electron chi connectivity index (χ4n) is 2.13. The molecule has 0 saturated heterocycles. The smallest absolute Gasteiger partial charge is 0.120 e. The summed E-state index contributed by atoms with van der Waals surface area (Å²) in [4.78, 5) is 2.39. The van der Waals surface area contributed by atoms with Crippen molar-refractivity contribution >= 4 is 11.3 Å². The van der Waals surface area contributed by atoms with Gasteiger partial charge in [0, 0.05) is 9.75 Å². The molecule has 0 fully saturated rings. The van der Waals surface area contributed by atoms with E-state index in [0.29, 0.717) is 0 Å². The van der Waals surface area contributed by atoms with E-state index < -0.39 is 6.10 Å². The van der Waals surface area contributed by atoms with Crippen molar-refractivity contribution in [2.45, 2.75) is 39.9 Å². The second-order valence-corrected chi connectivity index (χ2v) is 6.47. The lowest BCUT2D eigenvalue weighted by Gasteiger charge is -2.14. The van der Waals surface area contributed by atoms with Crippen LogP contribution in [0.5, 0.6) is 5.75 Å². The monoisotopic (exact) mass is 276 g/mol. The molecular weight excluding hydrogens is 256 g/mol. The van der Waals surface area contributed by atoms with Crippen molar-refractivity contribution in [3.63, 3.8) is 0 Å². The molecule has 0 radical (unpaired) electrons. The van der Waals surface area contributed by atoms with E-state index in [0.717, 1.165) is 16.9 Å².